The normalized spacial score (nSPS) is 17.1. The number of carbonyl (C=O) groups excluding carboxylic acids is 1. The lowest BCUT2D eigenvalue weighted by Gasteiger charge is -2.19. The number of hydrogen-bond acceptors (Lipinski definition) is 5. The van der Waals surface area contributed by atoms with Gasteiger partial charge in [-0.25, -0.2) is 4.98 Å². The van der Waals surface area contributed by atoms with E-state index in [1.807, 2.05) is 6.92 Å². The SMILES string of the molecule is Cc1nc(N)sc1C(=O)NCCN1CCCCCC1. The molecule has 106 valence electrons. The van der Waals surface area contributed by atoms with E-state index in [-0.39, 0.29) is 5.91 Å². The van der Waals surface area contributed by atoms with Gasteiger partial charge in [-0.05, 0) is 32.9 Å². The average Bonchev–Trinajstić information content (AvgIpc) is 2.58. The molecular weight excluding hydrogens is 260 g/mol. The number of aromatic nitrogens is 1. The Kier molecular flexibility index (Phi) is 5.15. The number of amides is 1. The maximum atomic E-state index is 12.0. The van der Waals surface area contributed by atoms with Gasteiger partial charge in [-0.1, -0.05) is 24.2 Å². The number of nitrogens with two attached hydrogens (primary N) is 1. The van der Waals surface area contributed by atoms with Gasteiger partial charge in [0, 0.05) is 13.1 Å². The number of nitrogens with zero attached hydrogens (tertiary/aromatic N) is 2. The summed E-state index contributed by atoms with van der Waals surface area (Å²) in [6, 6.07) is 0. The highest BCUT2D eigenvalue weighted by molar-refractivity contribution is 7.17. The van der Waals surface area contributed by atoms with Crippen molar-refractivity contribution in [1.82, 2.24) is 15.2 Å². The van der Waals surface area contributed by atoms with Gasteiger partial charge in [-0.2, -0.15) is 0 Å². The zero-order chi connectivity index (χ0) is 13.7. The maximum absolute atomic E-state index is 12.0. The zero-order valence-electron chi connectivity index (χ0n) is 11.4. The quantitative estimate of drug-likeness (QED) is 0.880. The summed E-state index contributed by atoms with van der Waals surface area (Å²) in [7, 11) is 0. The van der Waals surface area contributed by atoms with E-state index in [9.17, 15) is 4.79 Å². The molecule has 1 aromatic heterocycles. The number of hydrogen-bond donors (Lipinski definition) is 2. The van der Waals surface area contributed by atoms with E-state index >= 15 is 0 Å². The van der Waals surface area contributed by atoms with E-state index in [2.05, 4.69) is 15.2 Å². The molecule has 3 N–H and O–H groups in total. The van der Waals surface area contributed by atoms with Crippen LogP contribution in [0.5, 0.6) is 0 Å². The molecule has 5 nitrogen and oxygen atoms in total. The Hall–Kier alpha value is -1.14. The molecule has 0 aromatic carbocycles. The highest BCUT2D eigenvalue weighted by Crippen LogP contribution is 2.19. The first-order chi connectivity index (χ1) is 9.16. The highest BCUT2D eigenvalue weighted by Gasteiger charge is 2.14. The van der Waals surface area contributed by atoms with Crippen LogP contribution in [0.1, 0.15) is 41.0 Å². The molecule has 1 fully saturated rings. The first kappa shape index (κ1) is 14.3. The average molecular weight is 282 g/mol. The fourth-order valence-electron chi connectivity index (χ4n) is 2.40. The van der Waals surface area contributed by atoms with Crippen molar-refractivity contribution in [1.29, 1.82) is 0 Å². The molecular formula is C13H22N4OS. The number of carbonyl (C=O) groups is 1. The van der Waals surface area contributed by atoms with Gasteiger partial charge in [0.05, 0.1) is 5.69 Å². The Morgan fingerprint density at radius 2 is 2.05 bits per heavy atom. The number of nitrogens with one attached hydrogen (secondary N) is 1. The zero-order valence-corrected chi connectivity index (χ0v) is 12.3. The summed E-state index contributed by atoms with van der Waals surface area (Å²) in [6.07, 6.45) is 5.22. The predicted octanol–water partition coefficient (Wildman–Crippen LogP) is 1.64. The van der Waals surface area contributed by atoms with E-state index in [1.54, 1.807) is 0 Å². The second-order valence-corrected chi connectivity index (χ2v) is 6.01. The maximum Gasteiger partial charge on any atom is 0.263 e. The van der Waals surface area contributed by atoms with Crippen LogP contribution in [0.3, 0.4) is 0 Å². The van der Waals surface area contributed by atoms with E-state index in [4.69, 9.17) is 5.73 Å². The van der Waals surface area contributed by atoms with Crippen molar-refractivity contribution in [3.63, 3.8) is 0 Å². The fourth-order valence-corrected chi connectivity index (χ4v) is 3.15. The lowest BCUT2D eigenvalue weighted by Crippen LogP contribution is -2.35. The van der Waals surface area contributed by atoms with E-state index in [0.29, 0.717) is 16.6 Å². The molecule has 0 aliphatic carbocycles. The summed E-state index contributed by atoms with van der Waals surface area (Å²) in [5.74, 6) is -0.0541. The number of likely N-dealkylation sites (tertiary alicyclic amines) is 1. The Morgan fingerprint density at radius 3 is 2.63 bits per heavy atom. The Morgan fingerprint density at radius 1 is 1.37 bits per heavy atom. The van der Waals surface area contributed by atoms with Crippen molar-refractivity contribution in [2.24, 2.45) is 0 Å². The smallest absolute Gasteiger partial charge is 0.263 e. The van der Waals surface area contributed by atoms with Gasteiger partial charge in [0.1, 0.15) is 4.88 Å². The number of anilines is 1. The molecule has 1 aromatic rings. The van der Waals surface area contributed by atoms with Crippen LogP contribution in [-0.2, 0) is 0 Å². The molecule has 6 heteroatoms. The fraction of sp³-hybridized carbons (Fsp3) is 0.692. The van der Waals surface area contributed by atoms with Crippen LogP contribution in [0.4, 0.5) is 5.13 Å². The van der Waals surface area contributed by atoms with Crippen LogP contribution in [0.25, 0.3) is 0 Å². The molecule has 1 saturated heterocycles. The summed E-state index contributed by atoms with van der Waals surface area (Å²) in [4.78, 5) is 19.1. The standard InChI is InChI=1S/C13H22N4OS/c1-10-11(19-13(14)16-10)12(18)15-6-9-17-7-4-2-3-5-8-17/h2-9H2,1H3,(H2,14,16)(H,15,18). The van der Waals surface area contributed by atoms with Crippen molar-refractivity contribution in [3.8, 4) is 0 Å². The van der Waals surface area contributed by atoms with Crippen molar-refractivity contribution in [2.45, 2.75) is 32.6 Å². The topological polar surface area (TPSA) is 71.2 Å². The van der Waals surface area contributed by atoms with Crippen molar-refractivity contribution < 1.29 is 4.79 Å². The molecule has 1 aliphatic rings. The van der Waals surface area contributed by atoms with Crippen LogP contribution in [0, 0.1) is 6.92 Å². The first-order valence-electron chi connectivity index (χ1n) is 6.90. The van der Waals surface area contributed by atoms with E-state index in [1.165, 1.54) is 37.0 Å². The number of thiazole rings is 1. The Balaban J connectivity index is 1.76. The molecule has 19 heavy (non-hydrogen) atoms. The molecule has 0 saturated carbocycles. The summed E-state index contributed by atoms with van der Waals surface area (Å²) in [5.41, 5.74) is 6.32. The third kappa shape index (κ3) is 4.18. The number of nitrogen functional groups attached to an aromatic ring is 1. The minimum absolute atomic E-state index is 0.0541. The molecule has 0 radical (unpaired) electrons. The van der Waals surface area contributed by atoms with Gasteiger partial charge in [0.2, 0.25) is 0 Å². The molecule has 1 aliphatic heterocycles. The molecule has 0 bridgehead atoms. The van der Waals surface area contributed by atoms with Crippen LogP contribution in [0.15, 0.2) is 0 Å². The monoisotopic (exact) mass is 282 g/mol. The molecule has 0 unspecified atom stereocenters. The summed E-state index contributed by atoms with van der Waals surface area (Å²) >= 11 is 1.25. The first-order valence-corrected chi connectivity index (χ1v) is 7.72. The third-order valence-electron chi connectivity index (χ3n) is 3.43. The highest BCUT2D eigenvalue weighted by atomic mass is 32.1. The molecule has 1 amide bonds. The largest absolute Gasteiger partial charge is 0.375 e. The molecule has 0 atom stereocenters. The molecule has 0 spiro atoms. The van der Waals surface area contributed by atoms with Crippen LogP contribution < -0.4 is 11.1 Å². The molecule has 2 rings (SSSR count). The number of rotatable bonds is 4. The van der Waals surface area contributed by atoms with Gasteiger partial charge in [0.15, 0.2) is 5.13 Å². The van der Waals surface area contributed by atoms with Crippen molar-refractivity contribution in [3.05, 3.63) is 10.6 Å². The van der Waals surface area contributed by atoms with Crippen LogP contribution >= 0.6 is 11.3 Å². The predicted molar refractivity (Wildman–Crippen MR) is 78.5 cm³/mol. The van der Waals surface area contributed by atoms with Crippen LogP contribution in [0.2, 0.25) is 0 Å². The van der Waals surface area contributed by atoms with Gasteiger partial charge in [-0.15, -0.1) is 0 Å². The third-order valence-corrected chi connectivity index (χ3v) is 4.42. The van der Waals surface area contributed by atoms with Gasteiger partial charge >= 0.3 is 0 Å². The summed E-state index contributed by atoms with van der Waals surface area (Å²) in [5, 5.41) is 3.41. The molecule has 2 heterocycles. The number of aryl methyl sites for hydroxylation is 1. The minimum Gasteiger partial charge on any atom is -0.375 e. The van der Waals surface area contributed by atoms with Gasteiger partial charge in [-0.3, -0.25) is 4.79 Å². The minimum atomic E-state index is -0.0541. The lowest BCUT2D eigenvalue weighted by molar-refractivity contribution is 0.0952. The van der Waals surface area contributed by atoms with E-state index in [0.717, 1.165) is 25.3 Å². The van der Waals surface area contributed by atoms with Gasteiger partial charge < -0.3 is 16.0 Å². The second-order valence-electron chi connectivity index (χ2n) is 4.98. The van der Waals surface area contributed by atoms with Crippen LogP contribution in [-0.4, -0.2) is 42.0 Å². The van der Waals surface area contributed by atoms with Gasteiger partial charge in [0.25, 0.3) is 5.91 Å². The van der Waals surface area contributed by atoms with Crippen molar-refractivity contribution in [2.75, 3.05) is 31.9 Å². The Bertz CT molecular complexity index is 424. The van der Waals surface area contributed by atoms with E-state index < -0.39 is 0 Å². The lowest BCUT2D eigenvalue weighted by atomic mass is 10.2. The summed E-state index contributed by atoms with van der Waals surface area (Å²) in [6.45, 7) is 5.75. The van der Waals surface area contributed by atoms with Crippen molar-refractivity contribution >= 4 is 22.4 Å². The summed E-state index contributed by atoms with van der Waals surface area (Å²) < 4.78 is 0. The Labute approximate surface area is 118 Å². The second kappa shape index (κ2) is 6.86.